The number of aromatic nitrogens is 2. The molecule has 0 spiro atoms. The number of carbonyl (C=O) groups excluding carboxylic acids is 1. The summed E-state index contributed by atoms with van der Waals surface area (Å²) in [5.41, 5.74) is 0.914. The molecule has 1 saturated carbocycles. The fraction of sp³-hybridized carbons (Fsp3) is 0.727. The number of amides is 1. The van der Waals surface area contributed by atoms with Crippen LogP contribution < -0.4 is 5.84 Å². The molecule has 1 heterocycles. The quantitative estimate of drug-likeness (QED) is 0.233. The topological polar surface area (TPSA) is 95.2 Å². The standard InChI is InChI=1S/C22H38N4O2/c1-4-18(16(2)3)13-21(27)20(12-17-8-6-5-7-9-17)26(23)22(28)11-10-19-14-24-15-25-19/h4,14-18,20-21,27H,1,5-13,23H2,2-3H3,(H,24,25)/t18-,20-,21-/m0/s1. The van der Waals surface area contributed by atoms with Crippen molar-refractivity contribution < 1.29 is 9.90 Å². The maximum absolute atomic E-state index is 12.8. The minimum atomic E-state index is -0.645. The summed E-state index contributed by atoms with van der Waals surface area (Å²) in [5.74, 6) is 7.28. The highest BCUT2D eigenvalue weighted by Gasteiger charge is 2.32. The van der Waals surface area contributed by atoms with Gasteiger partial charge in [0.25, 0.3) is 0 Å². The summed E-state index contributed by atoms with van der Waals surface area (Å²) in [6.07, 6.45) is 12.9. The lowest BCUT2D eigenvalue weighted by atomic mass is 9.81. The van der Waals surface area contributed by atoms with Crippen molar-refractivity contribution in [2.75, 3.05) is 0 Å². The Kier molecular flexibility index (Phi) is 9.19. The zero-order chi connectivity index (χ0) is 20.5. The van der Waals surface area contributed by atoms with Gasteiger partial charge >= 0.3 is 0 Å². The third kappa shape index (κ3) is 6.74. The molecule has 158 valence electrons. The maximum atomic E-state index is 12.8. The molecule has 4 N–H and O–H groups in total. The number of nitrogens with zero attached hydrogens (tertiary/aromatic N) is 2. The van der Waals surface area contributed by atoms with Crippen molar-refractivity contribution in [3.63, 3.8) is 0 Å². The second-order valence-corrected chi connectivity index (χ2v) is 8.63. The van der Waals surface area contributed by atoms with Gasteiger partial charge in [-0.1, -0.05) is 52.0 Å². The Labute approximate surface area is 169 Å². The van der Waals surface area contributed by atoms with Gasteiger partial charge < -0.3 is 10.1 Å². The SMILES string of the molecule is C=C[C@@H](C[C@H](O)[C@H](CC1CCCCC1)N(N)C(=O)CCc1cnc[nH]1)C(C)C. The van der Waals surface area contributed by atoms with E-state index in [4.69, 9.17) is 5.84 Å². The minimum Gasteiger partial charge on any atom is -0.391 e. The van der Waals surface area contributed by atoms with Gasteiger partial charge in [0.2, 0.25) is 5.91 Å². The van der Waals surface area contributed by atoms with Crippen LogP contribution in [0.3, 0.4) is 0 Å². The van der Waals surface area contributed by atoms with E-state index in [2.05, 4.69) is 30.4 Å². The van der Waals surface area contributed by atoms with Crippen LogP contribution in [0.1, 0.15) is 70.9 Å². The van der Waals surface area contributed by atoms with Gasteiger partial charge in [-0.2, -0.15) is 0 Å². The van der Waals surface area contributed by atoms with Crippen LogP contribution in [-0.2, 0) is 11.2 Å². The molecule has 1 aliphatic carbocycles. The number of hydrogen-bond donors (Lipinski definition) is 3. The Morgan fingerprint density at radius 1 is 1.43 bits per heavy atom. The average Bonchev–Trinajstić information content (AvgIpc) is 3.21. The number of aliphatic hydroxyl groups excluding tert-OH is 1. The van der Waals surface area contributed by atoms with Crippen LogP contribution in [0, 0.1) is 17.8 Å². The molecule has 6 nitrogen and oxygen atoms in total. The van der Waals surface area contributed by atoms with Crippen molar-refractivity contribution in [1.82, 2.24) is 15.0 Å². The number of carbonyl (C=O) groups is 1. The second-order valence-electron chi connectivity index (χ2n) is 8.63. The highest BCUT2D eigenvalue weighted by molar-refractivity contribution is 5.76. The number of aryl methyl sites for hydroxylation is 1. The summed E-state index contributed by atoms with van der Waals surface area (Å²) in [5, 5.41) is 12.3. The number of rotatable bonds is 11. The number of nitrogens with one attached hydrogen (secondary N) is 1. The summed E-state index contributed by atoms with van der Waals surface area (Å²) in [4.78, 5) is 19.7. The van der Waals surface area contributed by atoms with E-state index in [1.165, 1.54) is 24.3 Å². The van der Waals surface area contributed by atoms with Crippen LogP contribution >= 0.6 is 0 Å². The molecule has 3 atom stereocenters. The number of aliphatic hydroxyl groups is 1. The lowest BCUT2D eigenvalue weighted by Crippen LogP contribution is -2.52. The predicted molar refractivity (Wildman–Crippen MR) is 112 cm³/mol. The molecule has 0 radical (unpaired) electrons. The van der Waals surface area contributed by atoms with E-state index >= 15 is 0 Å². The first kappa shape index (κ1) is 22.6. The second kappa shape index (κ2) is 11.4. The van der Waals surface area contributed by atoms with Crippen LogP contribution in [0.15, 0.2) is 25.2 Å². The molecule has 6 heteroatoms. The fourth-order valence-electron chi connectivity index (χ4n) is 4.27. The summed E-state index contributed by atoms with van der Waals surface area (Å²) in [7, 11) is 0. The molecule has 2 rings (SSSR count). The van der Waals surface area contributed by atoms with Crippen molar-refractivity contribution in [3.8, 4) is 0 Å². The Bertz CT molecular complexity index is 581. The van der Waals surface area contributed by atoms with Gasteiger partial charge in [-0.25, -0.2) is 10.8 Å². The van der Waals surface area contributed by atoms with Gasteiger partial charge in [0.1, 0.15) is 0 Å². The van der Waals surface area contributed by atoms with E-state index in [1.54, 1.807) is 12.5 Å². The van der Waals surface area contributed by atoms with Gasteiger partial charge in [-0.05, 0) is 37.0 Å². The molecular formula is C22H38N4O2. The first-order chi connectivity index (χ1) is 13.4. The molecule has 28 heavy (non-hydrogen) atoms. The summed E-state index contributed by atoms with van der Waals surface area (Å²) in [6, 6.07) is -0.349. The molecule has 1 aromatic rings. The number of hydrazine groups is 1. The first-order valence-electron chi connectivity index (χ1n) is 10.8. The highest BCUT2D eigenvalue weighted by atomic mass is 16.3. The number of allylic oxidation sites excluding steroid dienone is 1. The first-order valence-corrected chi connectivity index (χ1v) is 10.8. The number of aromatic amines is 1. The lowest BCUT2D eigenvalue weighted by molar-refractivity contribution is -0.137. The molecular weight excluding hydrogens is 352 g/mol. The molecule has 1 amide bonds. The van der Waals surface area contributed by atoms with Crippen molar-refractivity contribution in [2.45, 2.75) is 83.8 Å². The van der Waals surface area contributed by atoms with E-state index in [0.717, 1.165) is 25.0 Å². The van der Waals surface area contributed by atoms with Crippen LogP contribution in [0.25, 0.3) is 0 Å². The van der Waals surface area contributed by atoms with Gasteiger partial charge in [0.05, 0.1) is 18.5 Å². The van der Waals surface area contributed by atoms with Crippen LogP contribution in [0.5, 0.6) is 0 Å². The molecule has 0 aromatic carbocycles. The Morgan fingerprint density at radius 3 is 2.71 bits per heavy atom. The maximum Gasteiger partial charge on any atom is 0.237 e. The number of H-pyrrole nitrogens is 1. The smallest absolute Gasteiger partial charge is 0.237 e. The Balaban J connectivity index is 2.03. The van der Waals surface area contributed by atoms with Crippen molar-refractivity contribution >= 4 is 5.91 Å². The van der Waals surface area contributed by atoms with Crippen molar-refractivity contribution in [2.24, 2.45) is 23.6 Å². The van der Waals surface area contributed by atoms with E-state index in [1.807, 2.05) is 6.08 Å². The van der Waals surface area contributed by atoms with Crippen LogP contribution in [0.4, 0.5) is 0 Å². The lowest BCUT2D eigenvalue weighted by Gasteiger charge is -2.36. The van der Waals surface area contributed by atoms with Gasteiger partial charge in [-0.15, -0.1) is 6.58 Å². The molecule has 1 aromatic heterocycles. The van der Waals surface area contributed by atoms with Gasteiger partial charge in [-0.3, -0.25) is 9.80 Å². The van der Waals surface area contributed by atoms with Crippen LogP contribution in [-0.4, -0.2) is 38.1 Å². The highest BCUT2D eigenvalue weighted by Crippen LogP contribution is 2.31. The Morgan fingerprint density at radius 2 is 2.14 bits per heavy atom. The van der Waals surface area contributed by atoms with E-state index in [9.17, 15) is 9.90 Å². The summed E-state index contributed by atoms with van der Waals surface area (Å²) in [6.45, 7) is 8.18. The predicted octanol–water partition coefficient (Wildman–Crippen LogP) is 3.59. The molecule has 0 aliphatic heterocycles. The molecule has 0 unspecified atom stereocenters. The molecule has 1 aliphatic rings. The molecule has 1 fully saturated rings. The summed E-state index contributed by atoms with van der Waals surface area (Å²) >= 11 is 0. The Hall–Kier alpha value is -1.66. The van der Waals surface area contributed by atoms with Crippen LogP contribution in [0.2, 0.25) is 0 Å². The van der Waals surface area contributed by atoms with Crippen molar-refractivity contribution in [1.29, 1.82) is 0 Å². The van der Waals surface area contributed by atoms with E-state index in [0.29, 0.717) is 31.1 Å². The number of imidazole rings is 1. The van der Waals surface area contributed by atoms with Gasteiger partial charge in [0, 0.05) is 18.3 Å². The summed E-state index contributed by atoms with van der Waals surface area (Å²) < 4.78 is 0. The normalized spacial score (nSPS) is 18.6. The third-order valence-corrected chi connectivity index (χ3v) is 6.22. The van der Waals surface area contributed by atoms with Crippen molar-refractivity contribution in [3.05, 3.63) is 30.9 Å². The van der Waals surface area contributed by atoms with Gasteiger partial charge in [0.15, 0.2) is 0 Å². The third-order valence-electron chi connectivity index (χ3n) is 6.22. The molecule has 0 saturated heterocycles. The zero-order valence-electron chi connectivity index (χ0n) is 17.5. The van der Waals surface area contributed by atoms with E-state index in [-0.39, 0.29) is 17.9 Å². The largest absolute Gasteiger partial charge is 0.391 e. The number of nitrogens with two attached hydrogens (primary N) is 1. The minimum absolute atomic E-state index is 0.130. The zero-order valence-corrected chi connectivity index (χ0v) is 17.5. The molecule has 0 bridgehead atoms. The monoisotopic (exact) mass is 390 g/mol. The number of hydrogen-bond acceptors (Lipinski definition) is 4. The van der Waals surface area contributed by atoms with E-state index < -0.39 is 6.10 Å². The fourth-order valence-corrected chi connectivity index (χ4v) is 4.27. The average molecular weight is 391 g/mol.